The number of hydrogen-bond donors (Lipinski definition) is 1. The minimum Gasteiger partial charge on any atom is -0.296 e. The van der Waals surface area contributed by atoms with Crippen molar-refractivity contribution in [1.29, 1.82) is 0 Å². The maximum atomic E-state index is 13.6. The SMILES string of the molecule is CCCCc1c(C=O)n(CCC2CCCCC2)c(=O)n1Cc1ccc(-c2ccccc2-c2nnn[nH]2)cc1. The number of aromatic amines is 1. The van der Waals surface area contributed by atoms with E-state index in [0.29, 0.717) is 30.5 Å². The molecule has 1 saturated carbocycles. The first kappa shape index (κ1) is 25.8. The number of nitrogens with one attached hydrogen (secondary N) is 1. The third-order valence-corrected chi connectivity index (χ3v) is 7.87. The standard InChI is InChI=1S/C30H36N6O2/c1-2-3-13-27-28(21-37)35(19-18-22-9-5-4-6-10-22)30(38)36(27)20-23-14-16-24(17-15-23)25-11-7-8-12-26(25)29-31-33-34-32-29/h7-8,11-12,14-17,21-22H,2-6,9-10,13,18-20H2,1H3,(H,31,32,33,34). The zero-order valence-electron chi connectivity index (χ0n) is 22.1. The molecule has 4 aromatic rings. The highest BCUT2D eigenvalue weighted by Crippen LogP contribution is 2.30. The first-order valence-corrected chi connectivity index (χ1v) is 13.9. The molecule has 0 amide bonds. The van der Waals surface area contributed by atoms with Crippen LogP contribution in [0.1, 0.15) is 80.0 Å². The predicted octanol–water partition coefficient (Wildman–Crippen LogP) is 5.67. The Morgan fingerprint density at radius 3 is 2.45 bits per heavy atom. The van der Waals surface area contributed by atoms with Crippen LogP contribution in [0.3, 0.4) is 0 Å². The van der Waals surface area contributed by atoms with Crippen LogP contribution in [0.2, 0.25) is 0 Å². The molecule has 0 spiro atoms. The van der Waals surface area contributed by atoms with Crippen molar-refractivity contribution in [2.24, 2.45) is 5.92 Å². The number of rotatable bonds is 11. The maximum absolute atomic E-state index is 13.6. The van der Waals surface area contributed by atoms with Crippen molar-refractivity contribution in [2.45, 2.75) is 77.8 Å². The van der Waals surface area contributed by atoms with Gasteiger partial charge in [0.05, 0.1) is 12.2 Å². The van der Waals surface area contributed by atoms with Crippen LogP contribution in [0.15, 0.2) is 53.3 Å². The Balaban J connectivity index is 1.42. The van der Waals surface area contributed by atoms with Gasteiger partial charge >= 0.3 is 5.69 Å². The number of carbonyl (C=O) groups excluding carboxylic acids is 1. The monoisotopic (exact) mass is 512 g/mol. The number of benzene rings is 2. The fraction of sp³-hybridized carbons (Fsp3) is 0.433. The third kappa shape index (κ3) is 5.54. The lowest BCUT2D eigenvalue weighted by atomic mass is 9.87. The molecule has 1 N–H and O–H groups in total. The van der Waals surface area contributed by atoms with E-state index in [0.717, 1.165) is 59.9 Å². The van der Waals surface area contributed by atoms with Gasteiger partial charge in [-0.1, -0.05) is 94.0 Å². The molecule has 1 aliphatic carbocycles. The predicted molar refractivity (Wildman–Crippen MR) is 148 cm³/mol. The van der Waals surface area contributed by atoms with E-state index in [1.807, 2.05) is 28.8 Å². The average Bonchev–Trinajstić information content (AvgIpc) is 3.59. The van der Waals surface area contributed by atoms with Crippen LogP contribution in [0.25, 0.3) is 22.5 Å². The minimum atomic E-state index is -0.0683. The average molecular weight is 513 g/mol. The molecule has 0 unspecified atom stereocenters. The van der Waals surface area contributed by atoms with Crippen molar-refractivity contribution in [3.63, 3.8) is 0 Å². The molecule has 0 aliphatic heterocycles. The summed E-state index contributed by atoms with van der Waals surface area (Å²) in [6.45, 7) is 3.20. The lowest BCUT2D eigenvalue weighted by molar-refractivity contribution is 0.111. The number of unbranched alkanes of at least 4 members (excludes halogenated alkanes) is 1. The highest BCUT2D eigenvalue weighted by Gasteiger charge is 2.21. The first-order chi connectivity index (χ1) is 18.7. The molecule has 2 aromatic heterocycles. The third-order valence-electron chi connectivity index (χ3n) is 7.87. The van der Waals surface area contributed by atoms with Gasteiger partial charge in [0, 0.05) is 12.1 Å². The maximum Gasteiger partial charge on any atom is 0.329 e. The Kier molecular flexibility index (Phi) is 8.26. The number of aromatic nitrogens is 6. The molecule has 8 nitrogen and oxygen atoms in total. The van der Waals surface area contributed by atoms with E-state index in [2.05, 4.69) is 51.8 Å². The summed E-state index contributed by atoms with van der Waals surface area (Å²) in [5.41, 5.74) is 5.37. The van der Waals surface area contributed by atoms with Crippen molar-refractivity contribution < 1.29 is 4.79 Å². The second kappa shape index (κ2) is 12.2. The Morgan fingerprint density at radius 1 is 1.00 bits per heavy atom. The van der Waals surface area contributed by atoms with Crippen LogP contribution < -0.4 is 5.69 Å². The van der Waals surface area contributed by atoms with Crippen molar-refractivity contribution >= 4 is 6.29 Å². The van der Waals surface area contributed by atoms with Crippen LogP contribution in [-0.2, 0) is 19.5 Å². The van der Waals surface area contributed by atoms with Crippen molar-refractivity contribution in [1.82, 2.24) is 29.8 Å². The zero-order chi connectivity index (χ0) is 26.3. The van der Waals surface area contributed by atoms with E-state index >= 15 is 0 Å². The molecule has 38 heavy (non-hydrogen) atoms. The van der Waals surface area contributed by atoms with Crippen LogP contribution >= 0.6 is 0 Å². The van der Waals surface area contributed by atoms with Crippen LogP contribution in [0, 0.1) is 5.92 Å². The summed E-state index contributed by atoms with van der Waals surface area (Å²) in [5.74, 6) is 1.27. The number of aldehydes is 1. The summed E-state index contributed by atoms with van der Waals surface area (Å²) in [4.78, 5) is 25.8. The van der Waals surface area contributed by atoms with Crippen molar-refractivity contribution in [2.75, 3.05) is 0 Å². The highest BCUT2D eigenvalue weighted by molar-refractivity contribution is 5.80. The van der Waals surface area contributed by atoms with E-state index in [4.69, 9.17) is 0 Å². The molecule has 2 heterocycles. The van der Waals surface area contributed by atoms with E-state index in [-0.39, 0.29) is 5.69 Å². The smallest absolute Gasteiger partial charge is 0.296 e. The Hall–Kier alpha value is -3.81. The summed E-state index contributed by atoms with van der Waals surface area (Å²) in [7, 11) is 0. The van der Waals surface area contributed by atoms with Gasteiger partial charge in [-0.15, -0.1) is 5.10 Å². The number of H-pyrrole nitrogens is 1. The minimum absolute atomic E-state index is 0.0683. The van der Waals surface area contributed by atoms with Crippen molar-refractivity contribution in [3.05, 3.63) is 76.0 Å². The molecular weight excluding hydrogens is 476 g/mol. The molecule has 0 saturated heterocycles. The number of carbonyl (C=O) groups is 1. The van der Waals surface area contributed by atoms with Gasteiger partial charge < -0.3 is 0 Å². The molecule has 1 fully saturated rings. The van der Waals surface area contributed by atoms with Gasteiger partial charge in [0.25, 0.3) is 0 Å². The van der Waals surface area contributed by atoms with E-state index in [9.17, 15) is 9.59 Å². The Bertz CT molecular complexity index is 1400. The van der Waals surface area contributed by atoms with Gasteiger partial charge in [0.15, 0.2) is 12.1 Å². The summed E-state index contributed by atoms with van der Waals surface area (Å²) in [6, 6.07) is 16.2. The number of imidazole rings is 1. The second-order valence-corrected chi connectivity index (χ2v) is 10.4. The molecule has 0 bridgehead atoms. The molecule has 0 radical (unpaired) electrons. The number of hydrogen-bond acceptors (Lipinski definition) is 5. The molecule has 8 heteroatoms. The molecule has 1 aliphatic rings. The highest BCUT2D eigenvalue weighted by atomic mass is 16.2. The zero-order valence-corrected chi connectivity index (χ0v) is 22.1. The van der Waals surface area contributed by atoms with Gasteiger partial charge in [-0.25, -0.2) is 9.89 Å². The quantitative estimate of drug-likeness (QED) is 0.261. The molecular formula is C30H36N6O2. The first-order valence-electron chi connectivity index (χ1n) is 13.9. The van der Waals surface area contributed by atoms with E-state index in [1.165, 1.54) is 32.1 Å². The van der Waals surface area contributed by atoms with Gasteiger partial charge in [0.1, 0.15) is 5.69 Å². The lowest BCUT2D eigenvalue weighted by Crippen LogP contribution is -2.27. The van der Waals surface area contributed by atoms with E-state index in [1.54, 1.807) is 4.57 Å². The Morgan fingerprint density at radius 2 is 1.76 bits per heavy atom. The van der Waals surface area contributed by atoms with Crippen LogP contribution in [0.5, 0.6) is 0 Å². The van der Waals surface area contributed by atoms with Gasteiger partial charge in [-0.2, -0.15) is 0 Å². The summed E-state index contributed by atoms with van der Waals surface area (Å²) < 4.78 is 3.56. The fourth-order valence-electron chi connectivity index (χ4n) is 5.75. The summed E-state index contributed by atoms with van der Waals surface area (Å²) in [5, 5.41) is 14.3. The molecule has 0 atom stereocenters. The topological polar surface area (TPSA) is 98.5 Å². The number of tetrazole rings is 1. The van der Waals surface area contributed by atoms with Crippen LogP contribution in [-0.4, -0.2) is 36.0 Å². The molecule has 2 aromatic carbocycles. The largest absolute Gasteiger partial charge is 0.329 e. The van der Waals surface area contributed by atoms with Crippen LogP contribution in [0.4, 0.5) is 0 Å². The summed E-state index contributed by atoms with van der Waals surface area (Å²) in [6.07, 6.45) is 10.9. The Labute approximate surface area is 223 Å². The van der Waals surface area contributed by atoms with Gasteiger partial charge in [-0.05, 0) is 52.3 Å². The molecule has 198 valence electrons. The normalized spacial score (nSPS) is 14.1. The fourth-order valence-corrected chi connectivity index (χ4v) is 5.75. The second-order valence-electron chi connectivity index (χ2n) is 10.4. The van der Waals surface area contributed by atoms with E-state index < -0.39 is 0 Å². The van der Waals surface area contributed by atoms with Gasteiger partial charge in [0.2, 0.25) is 0 Å². The van der Waals surface area contributed by atoms with Crippen molar-refractivity contribution in [3.8, 4) is 22.5 Å². The molecule has 5 rings (SSSR count). The van der Waals surface area contributed by atoms with Gasteiger partial charge in [-0.3, -0.25) is 13.9 Å². The number of nitrogens with zero attached hydrogens (tertiary/aromatic N) is 5. The lowest BCUT2D eigenvalue weighted by Gasteiger charge is -2.21. The summed E-state index contributed by atoms with van der Waals surface area (Å²) >= 11 is 0.